The quantitative estimate of drug-likeness (QED) is 0.748. The molecule has 1 amide bonds. The van der Waals surface area contributed by atoms with E-state index >= 15 is 0 Å². The fourth-order valence-corrected chi connectivity index (χ4v) is 2.28. The van der Waals surface area contributed by atoms with Gasteiger partial charge in [-0.25, -0.2) is 0 Å². The van der Waals surface area contributed by atoms with E-state index in [-0.39, 0.29) is 18.5 Å². The van der Waals surface area contributed by atoms with Crippen LogP contribution in [0.5, 0.6) is 0 Å². The number of carbonyl (C=O) groups excluding carboxylic acids is 1. The maximum atomic E-state index is 11.2. The van der Waals surface area contributed by atoms with Gasteiger partial charge in [0.2, 0.25) is 5.91 Å². The van der Waals surface area contributed by atoms with Crippen LogP contribution in [-0.4, -0.2) is 30.4 Å². The van der Waals surface area contributed by atoms with Crippen molar-refractivity contribution in [1.29, 1.82) is 0 Å². The SMILES string of the molecule is CCCCN(CC(N)=O)C(CN)c1cccc(C)c1. The summed E-state index contributed by atoms with van der Waals surface area (Å²) in [6.07, 6.45) is 2.12. The van der Waals surface area contributed by atoms with Gasteiger partial charge in [0.25, 0.3) is 0 Å². The van der Waals surface area contributed by atoms with Gasteiger partial charge in [-0.3, -0.25) is 9.69 Å². The lowest BCUT2D eigenvalue weighted by Gasteiger charge is -2.30. The second-order valence-corrected chi connectivity index (χ2v) is 4.96. The molecule has 0 saturated carbocycles. The number of nitrogens with two attached hydrogens (primary N) is 2. The van der Waals surface area contributed by atoms with Crippen LogP contribution in [0.25, 0.3) is 0 Å². The molecule has 106 valence electrons. The number of carbonyl (C=O) groups is 1. The maximum Gasteiger partial charge on any atom is 0.231 e. The van der Waals surface area contributed by atoms with E-state index in [9.17, 15) is 4.79 Å². The van der Waals surface area contributed by atoms with Gasteiger partial charge in [0.1, 0.15) is 0 Å². The Morgan fingerprint density at radius 2 is 2.16 bits per heavy atom. The summed E-state index contributed by atoms with van der Waals surface area (Å²) in [5, 5.41) is 0. The van der Waals surface area contributed by atoms with E-state index in [0.717, 1.165) is 24.9 Å². The van der Waals surface area contributed by atoms with Crippen molar-refractivity contribution in [2.75, 3.05) is 19.6 Å². The monoisotopic (exact) mass is 263 g/mol. The van der Waals surface area contributed by atoms with E-state index in [0.29, 0.717) is 6.54 Å². The molecule has 0 aliphatic carbocycles. The number of primary amides is 1. The molecule has 0 saturated heterocycles. The molecule has 1 atom stereocenters. The summed E-state index contributed by atoms with van der Waals surface area (Å²) in [6.45, 7) is 5.78. The lowest BCUT2D eigenvalue weighted by molar-refractivity contribution is -0.119. The minimum absolute atomic E-state index is 0.0546. The number of hydrogen-bond donors (Lipinski definition) is 2. The Hall–Kier alpha value is -1.39. The molecule has 0 heterocycles. The van der Waals surface area contributed by atoms with Gasteiger partial charge >= 0.3 is 0 Å². The fourth-order valence-electron chi connectivity index (χ4n) is 2.28. The molecule has 1 aromatic rings. The molecule has 19 heavy (non-hydrogen) atoms. The van der Waals surface area contributed by atoms with Crippen LogP contribution in [0.15, 0.2) is 24.3 Å². The molecule has 0 spiro atoms. The minimum Gasteiger partial charge on any atom is -0.369 e. The second kappa shape index (κ2) is 7.92. The van der Waals surface area contributed by atoms with Crippen molar-refractivity contribution < 1.29 is 4.79 Å². The van der Waals surface area contributed by atoms with E-state index in [4.69, 9.17) is 11.5 Å². The number of nitrogens with zero attached hydrogens (tertiary/aromatic N) is 1. The third kappa shape index (κ3) is 5.01. The van der Waals surface area contributed by atoms with Crippen LogP contribution in [0, 0.1) is 6.92 Å². The molecule has 4 N–H and O–H groups in total. The highest BCUT2D eigenvalue weighted by Gasteiger charge is 2.20. The lowest BCUT2D eigenvalue weighted by Crippen LogP contribution is -2.40. The number of unbranched alkanes of at least 4 members (excludes halogenated alkanes) is 1. The molecule has 0 aliphatic rings. The van der Waals surface area contributed by atoms with Crippen LogP contribution >= 0.6 is 0 Å². The molecule has 1 unspecified atom stereocenters. The Morgan fingerprint density at radius 3 is 2.68 bits per heavy atom. The first-order valence-corrected chi connectivity index (χ1v) is 6.87. The van der Waals surface area contributed by atoms with Crippen molar-refractivity contribution in [3.8, 4) is 0 Å². The third-order valence-electron chi connectivity index (χ3n) is 3.25. The Morgan fingerprint density at radius 1 is 1.42 bits per heavy atom. The predicted molar refractivity (Wildman–Crippen MR) is 78.6 cm³/mol. The van der Waals surface area contributed by atoms with Gasteiger partial charge in [-0.05, 0) is 25.5 Å². The highest BCUT2D eigenvalue weighted by atomic mass is 16.1. The Bertz CT molecular complexity index is 406. The molecule has 0 aromatic heterocycles. The number of hydrogen-bond acceptors (Lipinski definition) is 3. The van der Waals surface area contributed by atoms with Gasteiger partial charge in [0, 0.05) is 12.6 Å². The van der Waals surface area contributed by atoms with Crippen molar-refractivity contribution in [3.05, 3.63) is 35.4 Å². The minimum atomic E-state index is -0.304. The standard InChI is InChI=1S/C15H25N3O/c1-3-4-8-18(11-15(17)19)14(10-16)13-7-5-6-12(2)9-13/h5-7,9,14H,3-4,8,10-11,16H2,1-2H3,(H2,17,19). The topological polar surface area (TPSA) is 72.3 Å². The van der Waals surface area contributed by atoms with Gasteiger partial charge in [0.15, 0.2) is 0 Å². The molecule has 0 aliphatic heterocycles. The Balaban J connectivity index is 2.90. The summed E-state index contributed by atoms with van der Waals surface area (Å²) < 4.78 is 0. The van der Waals surface area contributed by atoms with Crippen LogP contribution < -0.4 is 11.5 Å². The Labute approximate surface area is 115 Å². The van der Waals surface area contributed by atoms with E-state index in [1.54, 1.807) is 0 Å². The highest BCUT2D eigenvalue weighted by Crippen LogP contribution is 2.21. The van der Waals surface area contributed by atoms with Crippen molar-refractivity contribution in [3.63, 3.8) is 0 Å². The molecule has 0 radical (unpaired) electrons. The van der Waals surface area contributed by atoms with Crippen LogP contribution in [0.2, 0.25) is 0 Å². The number of benzene rings is 1. The van der Waals surface area contributed by atoms with E-state index in [2.05, 4.69) is 36.9 Å². The molecule has 1 rings (SSSR count). The van der Waals surface area contributed by atoms with Gasteiger partial charge in [0.05, 0.1) is 6.54 Å². The summed E-state index contributed by atoms with van der Waals surface area (Å²) in [5.41, 5.74) is 13.6. The van der Waals surface area contributed by atoms with E-state index in [1.165, 1.54) is 5.56 Å². The van der Waals surface area contributed by atoms with Crippen LogP contribution in [0.1, 0.15) is 36.9 Å². The average molecular weight is 263 g/mol. The summed E-state index contributed by atoms with van der Waals surface area (Å²) in [5.74, 6) is -0.304. The largest absolute Gasteiger partial charge is 0.369 e. The zero-order valence-corrected chi connectivity index (χ0v) is 11.9. The van der Waals surface area contributed by atoms with Crippen LogP contribution in [-0.2, 0) is 4.79 Å². The Kier molecular flexibility index (Phi) is 6.53. The summed E-state index contributed by atoms with van der Waals surface area (Å²) >= 11 is 0. The fraction of sp³-hybridized carbons (Fsp3) is 0.533. The highest BCUT2D eigenvalue weighted by molar-refractivity contribution is 5.76. The molecule has 4 nitrogen and oxygen atoms in total. The van der Waals surface area contributed by atoms with Crippen molar-refractivity contribution >= 4 is 5.91 Å². The molecule has 0 bridgehead atoms. The van der Waals surface area contributed by atoms with Crippen molar-refractivity contribution in [2.45, 2.75) is 32.7 Å². The summed E-state index contributed by atoms with van der Waals surface area (Å²) in [6, 6.07) is 8.32. The maximum absolute atomic E-state index is 11.2. The first kappa shape index (κ1) is 15.7. The first-order chi connectivity index (χ1) is 9.08. The molecular weight excluding hydrogens is 238 g/mol. The van der Waals surface area contributed by atoms with Crippen molar-refractivity contribution in [1.82, 2.24) is 4.90 Å². The van der Waals surface area contributed by atoms with Crippen LogP contribution in [0.3, 0.4) is 0 Å². The normalized spacial score (nSPS) is 12.6. The zero-order valence-electron chi connectivity index (χ0n) is 11.9. The molecule has 1 aromatic carbocycles. The van der Waals surface area contributed by atoms with Gasteiger partial charge < -0.3 is 11.5 Å². The van der Waals surface area contributed by atoms with Gasteiger partial charge in [-0.1, -0.05) is 43.2 Å². The average Bonchev–Trinajstić information content (AvgIpc) is 2.36. The van der Waals surface area contributed by atoms with Crippen LogP contribution in [0.4, 0.5) is 0 Å². The second-order valence-electron chi connectivity index (χ2n) is 4.96. The van der Waals surface area contributed by atoms with E-state index in [1.807, 2.05) is 6.07 Å². The molecule has 0 fully saturated rings. The van der Waals surface area contributed by atoms with Gasteiger partial charge in [-0.2, -0.15) is 0 Å². The smallest absolute Gasteiger partial charge is 0.231 e. The lowest BCUT2D eigenvalue weighted by atomic mass is 10.0. The summed E-state index contributed by atoms with van der Waals surface area (Å²) in [7, 11) is 0. The van der Waals surface area contributed by atoms with Gasteiger partial charge in [-0.15, -0.1) is 0 Å². The number of rotatable bonds is 8. The summed E-state index contributed by atoms with van der Waals surface area (Å²) in [4.78, 5) is 13.3. The van der Waals surface area contributed by atoms with E-state index < -0.39 is 0 Å². The number of amides is 1. The first-order valence-electron chi connectivity index (χ1n) is 6.87. The molecular formula is C15H25N3O. The predicted octanol–water partition coefficient (Wildman–Crippen LogP) is 1.58. The molecule has 4 heteroatoms. The van der Waals surface area contributed by atoms with Crippen molar-refractivity contribution in [2.24, 2.45) is 11.5 Å². The number of aryl methyl sites for hydroxylation is 1. The third-order valence-corrected chi connectivity index (χ3v) is 3.25. The zero-order chi connectivity index (χ0) is 14.3.